The van der Waals surface area contributed by atoms with Crippen molar-refractivity contribution in [3.63, 3.8) is 0 Å². The van der Waals surface area contributed by atoms with Gasteiger partial charge in [-0.3, -0.25) is 0 Å². The van der Waals surface area contributed by atoms with Crippen molar-refractivity contribution >= 4 is 23.5 Å². The number of alkyl halides is 1. The predicted octanol–water partition coefficient (Wildman–Crippen LogP) is 4.67. The molecule has 33 heavy (non-hydrogen) atoms. The Morgan fingerprint density at radius 2 is 1.70 bits per heavy atom. The van der Waals surface area contributed by atoms with Crippen LogP contribution in [0.2, 0.25) is 0 Å². The molecular formula is C24H36FN7O. The Balaban J connectivity index is 1.45. The molecular weight excluding hydrogens is 421 g/mol. The normalized spacial score (nSPS) is 19.4. The maximum absolute atomic E-state index is 12.5. The smallest absolute Gasteiger partial charge is 0.233 e. The van der Waals surface area contributed by atoms with Gasteiger partial charge in [-0.25, -0.2) is 4.39 Å². The van der Waals surface area contributed by atoms with Gasteiger partial charge in [-0.1, -0.05) is 32.3 Å². The van der Waals surface area contributed by atoms with Crippen molar-refractivity contribution in [3.8, 4) is 5.75 Å². The van der Waals surface area contributed by atoms with E-state index in [1.54, 1.807) is 18.2 Å². The Bertz CT molecular complexity index is 878. The molecule has 1 aromatic carbocycles. The zero-order valence-corrected chi connectivity index (χ0v) is 19.5. The first kappa shape index (κ1) is 23.5. The molecule has 1 atom stereocenters. The van der Waals surface area contributed by atoms with Crippen LogP contribution < -0.4 is 20.7 Å². The number of rotatable bonds is 11. The number of halogens is 1. The summed E-state index contributed by atoms with van der Waals surface area (Å²) >= 11 is 0. The molecule has 1 aromatic heterocycles. The molecule has 2 heterocycles. The van der Waals surface area contributed by atoms with Crippen molar-refractivity contribution < 1.29 is 9.13 Å². The van der Waals surface area contributed by atoms with Crippen LogP contribution in [0.25, 0.3) is 0 Å². The van der Waals surface area contributed by atoms with Crippen LogP contribution in [0.5, 0.6) is 5.75 Å². The number of ether oxygens (including phenoxy) is 1. The first-order chi connectivity index (χ1) is 16.2. The van der Waals surface area contributed by atoms with E-state index in [1.165, 1.54) is 38.5 Å². The van der Waals surface area contributed by atoms with Gasteiger partial charge in [0.25, 0.3) is 0 Å². The molecule has 1 aliphatic carbocycles. The van der Waals surface area contributed by atoms with Crippen LogP contribution in [0.4, 0.5) is 27.9 Å². The lowest BCUT2D eigenvalue weighted by Gasteiger charge is -2.22. The fourth-order valence-electron chi connectivity index (χ4n) is 4.67. The fourth-order valence-corrected chi connectivity index (χ4v) is 4.67. The van der Waals surface area contributed by atoms with Crippen LogP contribution in [0, 0.1) is 11.8 Å². The summed E-state index contributed by atoms with van der Waals surface area (Å²) in [6, 6.07) is 7.11. The van der Waals surface area contributed by atoms with Crippen LogP contribution in [-0.2, 0) is 0 Å². The topological polar surface area (TPSA) is 87.2 Å². The van der Waals surface area contributed by atoms with Gasteiger partial charge in [-0.15, -0.1) is 0 Å². The van der Waals surface area contributed by atoms with Gasteiger partial charge in [0.15, 0.2) is 0 Å². The van der Waals surface area contributed by atoms with E-state index < -0.39 is 6.86 Å². The van der Waals surface area contributed by atoms with E-state index in [-0.39, 0.29) is 0 Å². The monoisotopic (exact) mass is 457 g/mol. The summed E-state index contributed by atoms with van der Waals surface area (Å²) < 4.78 is 17.5. The molecule has 2 aromatic rings. The van der Waals surface area contributed by atoms with Gasteiger partial charge < -0.3 is 25.6 Å². The maximum atomic E-state index is 12.5. The van der Waals surface area contributed by atoms with Crippen molar-refractivity contribution in [3.05, 3.63) is 24.3 Å². The number of likely N-dealkylation sites (tertiary alicyclic amines) is 1. The second kappa shape index (κ2) is 12.0. The van der Waals surface area contributed by atoms with E-state index in [0.29, 0.717) is 35.4 Å². The number of nitrogens with one attached hydrogen (secondary N) is 3. The SMILES string of the molecule is CCN1CCC(CNc2nc(NCC3CCCCC3)nc(Nc3cccc(OCF)c3)n2)C1. The molecule has 3 N–H and O–H groups in total. The highest BCUT2D eigenvalue weighted by Crippen LogP contribution is 2.25. The first-order valence-corrected chi connectivity index (χ1v) is 12.2. The summed E-state index contributed by atoms with van der Waals surface area (Å²) in [5.41, 5.74) is 0.728. The predicted molar refractivity (Wildman–Crippen MR) is 130 cm³/mol. The lowest BCUT2D eigenvalue weighted by molar-refractivity contribution is 0.192. The number of anilines is 4. The number of aromatic nitrogens is 3. The number of benzene rings is 1. The summed E-state index contributed by atoms with van der Waals surface area (Å²) in [6.07, 6.45) is 7.64. The minimum Gasteiger partial charge on any atom is -0.463 e. The molecule has 8 nitrogen and oxygen atoms in total. The molecule has 1 unspecified atom stereocenters. The standard InChI is InChI=1S/C24H36FN7O/c1-2-32-12-11-19(16-32)15-27-23-29-22(26-14-18-7-4-3-5-8-18)30-24(31-23)28-20-9-6-10-21(13-20)33-17-25/h6,9-10,13,18-19H,2-5,7-8,11-12,14-17H2,1H3,(H3,26,27,28,29,30,31). The van der Waals surface area contributed by atoms with Gasteiger partial charge in [-0.05, 0) is 56.3 Å². The molecule has 9 heteroatoms. The highest BCUT2D eigenvalue weighted by Gasteiger charge is 2.21. The van der Waals surface area contributed by atoms with E-state index in [2.05, 4.69) is 42.7 Å². The first-order valence-electron chi connectivity index (χ1n) is 12.2. The van der Waals surface area contributed by atoms with Gasteiger partial charge >= 0.3 is 0 Å². The second-order valence-electron chi connectivity index (χ2n) is 9.03. The Kier molecular flexibility index (Phi) is 8.52. The maximum Gasteiger partial charge on any atom is 0.233 e. The molecule has 2 fully saturated rings. The minimum atomic E-state index is -0.866. The molecule has 4 rings (SSSR count). The van der Waals surface area contributed by atoms with E-state index in [0.717, 1.165) is 38.4 Å². The van der Waals surface area contributed by atoms with Gasteiger partial charge in [-0.2, -0.15) is 15.0 Å². The third kappa shape index (κ3) is 7.15. The molecule has 2 aliphatic rings. The molecule has 1 saturated carbocycles. The Morgan fingerprint density at radius 1 is 0.970 bits per heavy atom. The van der Waals surface area contributed by atoms with Crippen molar-refractivity contribution in [1.82, 2.24) is 19.9 Å². The van der Waals surface area contributed by atoms with Crippen molar-refractivity contribution in [1.29, 1.82) is 0 Å². The van der Waals surface area contributed by atoms with Gasteiger partial charge in [0, 0.05) is 31.4 Å². The van der Waals surface area contributed by atoms with Gasteiger partial charge in [0.2, 0.25) is 24.7 Å². The number of hydrogen-bond acceptors (Lipinski definition) is 8. The Hall–Kier alpha value is -2.68. The highest BCUT2D eigenvalue weighted by molar-refractivity contribution is 5.57. The average Bonchev–Trinajstić information content (AvgIpc) is 3.31. The molecule has 1 saturated heterocycles. The lowest BCUT2D eigenvalue weighted by atomic mass is 9.89. The summed E-state index contributed by atoms with van der Waals surface area (Å²) in [4.78, 5) is 16.3. The molecule has 0 radical (unpaired) electrons. The van der Waals surface area contributed by atoms with E-state index in [4.69, 9.17) is 4.74 Å². The third-order valence-corrected chi connectivity index (χ3v) is 6.59. The fraction of sp³-hybridized carbons (Fsp3) is 0.625. The van der Waals surface area contributed by atoms with Crippen molar-refractivity contribution in [2.45, 2.75) is 45.4 Å². The molecule has 1 aliphatic heterocycles. The van der Waals surface area contributed by atoms with E-state index >= 15 is 0 Å². The van der Waals surface area contributed by atoms with Crippen LogP contribution in [-0.4, -0.2) is 59.4 Å². The van der Waals surface area contributed by atoms with Crippen molar-refractivity contribution in [2.75, 3.05) is 55.5 Å². The average molecular weight is 458 g/mol. The van der Waals surface area contributed by atoms with Gasteiger partial charge in [0.1, 0.15) is 5.75 Å². The minimum absolute atomic E-state index is 0.442. The summed E-state index contributed by atoms with van der Waals surface area (Å²) in [7, 11) is 0. The van der Waals surface area contributed by atoms with Crippen molar-refractivity contribution in [2.24, 2.45) is 11.8 Å². The lowest BCUT2D eigenvalue weighted by Crippen LogP contribution is -2.23. The molecule has 0 spiro atoms. The van der Waals surface area contributed by atoms with E-state index in [9.17, 15) is 4.39 Å². The number of hydrogen-bond donors (Lipinski definition) is 3. The van der Waals surface area contributed by atoms with Gasteiger partial charge in [0.05, 0.1) is 0 Å². The quantitative estimate of drug-likeness (QED) is 0.449. The van der Waals surface area contributed by atoms with Crippen LogP contribution >= 0.6 is 0 Å². The summed E-state index contributed by atoms with van der Waals surface area (Å²) in [5, 5.41) is 10.1. The van der Waals surface area contributed by atoms with Crippen LogP contribution in [0.3, 0.4) is 0 Å². The molecule has 180 valence electrons. The molecule has 0 amide bonds. The second-order valence-corrected chi connectivity index (χ2v) is 9.03. The van der Waals surface area contributed by atoms with E-state index in [1.807, 2.05) is 6.07 Å². The Morgan fingerprint density at radius 3 is 2.39 bits per heavy atom. The highest BCUT2D eigenvalue weighted by atomic mass is 19.1. The zero-order valence-electron chi connectivity index (χ0n) is 19.5. The largest absolute Gasteiger partial charge is 0.463 e. The molecule has 0 bridgehead atoms. The van der Waals surface area contributed by atoms with Crippen LogP contribution in [0.1, 0.15) is 45.4 Å². The zero-order chi connectivity index (χ0) is 22.9. The van der Waals surface area contributed by atoms with Crippen LogP contribution in [0.15, 0.2) is 24.3 Å². The summed E-state index contributed by atoms with van der Waals surface area (Å²) in [6.45, 7) is 6.40. The number of nitrogens with zero attached hydrogens (tertiary/aromatic N) is 4. The summed E-state index contributed by atoms with van der Waals surface area (Å²) in [5.74, 6) is 3.27. The Labute approximate surface area is 195 Å². The third-order valence-electron chi connectivity index (χ3n) is 6.59.